The number of pyridine rings is 1. The summed E-state index contributed by atoms with van der Waals surface area (Å²) < 4.78 is 1.62. The molecule has 0 N–H and O–H groups in total. The van der Waals surface area contributed by atoms with E-state index in [-0.39, 0.29) is 5.91 Å². The average molecular weight is 334 g/mol. The summed E-state index contributed by atoms with van der Waals surface area (Å²) in [6.45, 7) is 0. The molecule has 4 rings (SSSR count). The highest BCUT2D eigenvalue weighted by molar-refractivity contribution is 6.31. The number of benzene rings is 2. The Morgan fingerprint density at radius 2 is 1.71 bits per heavy atom. The molecule has 0 fully saturated rings. The summed E-state index contributed by atoms with van der Waals surface area (Å²) in [4.78, 5) is 21.7. The minimum Gasteiger partial charge on any atom is -0.268 e. The van der Waals surface area contributed by atoms with Crippen LogP contribution in [0.15, 0.2) is 73.1 Å². The molecular weight excluding hydrogens is 322 g/mol. The Hall–Kier alpha value is -2.98. The molecule has 5 heteroatoms. The van der Waals surface area contributed by atoms with E-state index in [9.17, 15) is 4.79 Å². The number of nitrogens with zero attached hydrogens (tertiary/aromatic N) is 3. The van der Waals surface area contributed by atoms with E-state index < -0.39 is 0 Å². The molecule has 0 amide bonds. The van der Waals surface area contributed by atoms with E-state index in [1.54, 1.807) is 41.2 Å². The van der Waals surface area contributed by atoms with Crippen LogP contribution < -0.4 is 0 Å². The van der Waals surface area contributed by atoms with Crippen LogP contribution in [0.2, 0.25) is 5.02 Å². The SMILES string of the molecule is O=C(c1ccccc1)n1c(-c2ccncc2)nc2cc(Cl)ccc21. The summed E-state index contributed by atoms with van der Waals surface area (Å²) >= 11 is 6.08. The fourth-order valence-corrected chi connectivity index (χ4v) is 2.83. The van der Waals surface area contributed by atoms with Crippen LogP contribution in [-0.4, -0.2) is 20.4 Å². The predicted molar refractivity (Wildman–Crippen MR) is 94.1 cm³/mol. The van der Waals surface area contributed by atoms with E-state index in [0.717, 1.165) is 11.1 Å². The molecule has 116 valence electrons. The van der Waals surface area contributed by atoms with Crippen molar-refractivity contribution in [1.82, 2.24) is 14.5 Å². The molecular formula is C19H12ClN3O. The lowest BCUT2D eigenvalue weighted by Crippen LogP contribution is -2.13. The molecule has 0 aliphatic heterocycles. The van der Waals surface area contributed by atoms with Gasteiger partial charge in [-0.25, -0.2) is 4.98 Å². The van der Waals surface area contributed by atoms with Gasteiger partial charge in [0.1, 0.15) is 5.82 Å². The second-order valence-corrected chi connectivity index (χ2v) is 5.75. The Labute approximate surface area is 143 Å². The third-order valence-electron chi connectivity index (χ3n) is 3.78. The second kappa shape index (κ2) is 5.91. The van der Waals surface area contributed by atoms with Crippen LogP contribution in [0.3, 0.4) is 0 Å². The molecule has 0 unspecified atom stereocenters. The second-order valence-electron chi connectivity index (χ2n) is 5.31. The Morgan fingerprint density at radius 1 is 0.958 bits per heavy atom. The van der Waals surface area contributed by atoms with Gasteiger partial charge in [-0.15, -0.1) is 0 Å². The zero-order valence-electron chi connectivity index (χ0n) is 12.6. The quantitative estimate of drug-likeness (QED) is 0.545. The lowest BCUT2D eigenvalue weighted by atomic mass is 10.2. The fraction of sp³-hybridized carbons (Fsp3) is 0. The fourth-order valence-electron chi connectivity index (χ4n) is 2.66. The zero-order chi connectivity index (χ0) is 16.5. The van der Waals surface area contributed by atoms with Crippen molar-refractivity contribution in [3.05, 3.63) is 83.6 Å². The molecule has 0 spiro atoms. The molecule has 0 atom stereocenters. The summed E-state index contributed by atoms with van der Waals surface area (Å²) in [5.74, 6) is 0.441. The number of hydrogen-bond donors (Lipinski definition) is 0. The van der Waals surface area contributed by atoms with Gasteiger partial charge in [0.05, 0.1) is 11.0 Å². The third kappa shape index (κ3) is 2.47. The largest absolute Gasteiger partial charge is 0.268 e. The smallest absolute Gasteiger partial charge is 0.264 e. The minimum atomic E-state index is -0.132. The first-order valence-corrected chi connectivity index (χ1v) is 7.80. The van der Waals surface area contributed by atoms with E-state index in [1.165, 1.54) is 0 Å². The third-order valence-corrected chi connectivity index (χ3v) is 4.01. The number of carbonyl (C=O) groups excluding carboxylic acids is 1. The highest BCUT2D eigenvalue weighted by atomic mass is 35.5. The van der Waals surface area contributed by atoms with Gasteiger partial charge in [-0.05, 0) is 42.5 Å². The van der Waals surface area contributed by atoms with Crippen molar-refractivity contribution in [1.29, 1.82) is 0 Å². The number of fused-ring (bicyclic) bond motifs is 1. The molecule has 4 nitrogen and oxygen atoms in total. The van der Waals surface area contributed by atoms with Crippen LogP contribution >= 0.6 is 11.6 Å². The molecule has 0 saturated heterocycles. The van der Waals surface area contributed by atoms with E-state index in [2.05, 4.69) is 9.97 Å². The van der Waals surface area contributed by atoms with Crippen LogP contribution in [0, 0.1) is 0 Å². The molecule has 0 aliphatic carbocycles. The minimum absolute atomic E-state index is 0.132. The van der Waals surface area contributed by atoms with Gasteiger partial charge in [0.15, 0.2) is 0 Å². The molecule has 2 aromatic heterocycles. The molecule has 2 heterocycles. The van der Waals surface area contributed by atoms with Crippen molar-refractivity contribution in [3.63, 3.8) is 0 Å². The van der Waals surface area contributed by atoms with Crippen molar-refractivity contribution in [2.24, 2.45) is 0 Å². The van der Waals surface area contributed by atoms with Crippen LogP contribution in [-0.2, 0) is 0 Å². The molecule has 0 radical (unpaired) electrons. The molecule has 4 aromatic rings. The van der Waals surface area contributed by atoms with E-state index in [0.29, 0.717) is 21.9 Å². The van der Waals surface area contributed by atoms with Gasteiger partial charge in [-0.1, -0.05) is 29.8 Å². The monoisotopic (exact) mass is 333 g/mol. The first kappa shape index (κ1) is 14.6. The zero-order valence-corrected chi connectivity index (χ0v) is 13.3. The van der Waals surface area contributed by atoms with Gasteiger partial charge in [0, 0.05) is 28.5 Å². The van der Waals surface area contributed by atoms with Crippen LogP contribution in [0.25, 0.3) is 22.4 Å². The lowest BCUT2D eigenvalue weighted by Gasteiger charge is -2.08. The van der Waals surface area contributed by atoms with Crippen LogP contribution in [0.1, 0.15) is 10.4 Å². The highest BCUT2D eigenvalue weighted by Crippen LogP contribution is 2.27. The molecule has 2 aromatic carbocycles. The molecule has 24 heavy (non-hydrogen) atoms. The topological polar surface area (TPSA) is 47.8 Å². The number of hydrogen-bond acceptors (Lipinski definition) is 3. The van der Waals surface area contributed by atoms with E-state index in [4.69, 9.17) is 11.6 Å². The summed E-state index contributed by atoms with van der Waals surface area (Å²) in [5, 5.41) is 0.584. The van der Waals surface area contributed by atoms with E-state index >= 15 is 0 Å². The maximum absolute atomic E-state index is 13.1. The molecule has 0 aliphatic rings. The summed E-state index contributed by atoms with van der Waals surface area (Å²) in [5.41, 5.74) is 2.82. The number of rotatable bonds is 2. The maximum atomic E-state index is 13.1. The van der Waals surface area contributed by atoms with Crippen LogP contribution in [0.5, 0.6) is 0 Å². The van der Waals surface area contributed by atoms with Gasteiger partial charge in [0.2, 0.25) is 0 Å². The van der Waals surface area contributed by atoms with Crippen molar-refractivity contribution in [2.75, 3.05) is 0 Å². The van der Waals surface area contributed by atoms with Crippen molar-refractivity contribution in [2.45, 2.75) is 0 Å². The normalized spacial score (nSPS) is 10.9. The average Bonchev–Trinajstić information content (AvgIpc) is 3.01. The number of halogens is 1. The first-order valence-electron chi connectivity index (χ1n) is 7.42. The number of imidazole rings is 1. The maximum Gasteiger partial charge on any atom is 0.264 e. The Balaban J connectivity index is 2.00. The Bertz CT molecular complexity index is 1030. The number of carbonyl (C=O) groups is 1. The van der Waals surface area contributed by atoms with Gasteiger partial charge < -0.3 is 0 Å². The van der Waals surface area contributed by atoms with E-state index in [1.807, 2.05) is 36.4 Å². The lowest BCUT2D eigenvalue weighted by molar-refractivity contribution is 0.0966. The summed E-state index contributed by atoms with van der Waals surface area (Å²) in [6.07, 6.45) is 3.36. The van der Waals surface area contributed by atoms with Crippen molar-refractivity contribution < 1.29 is 4.79 Å². The highest BCUT2D eigenvalue weighted by Gasteiger charge is 2.19. The van der Waals surface area contributed by atoms with Crippen molar-refractivity contribution in [3.8, 4) is 11.4 Å². The number of aromatic nitrogens is 3. The van der Waals surface area contributed by atoms with Crippen LogP contribution in [0.4, 0.5) is 0 Å². The Morgan fingerprint density at radius 3 is 2.46 bits per heavy atom. The summed E-state index contributed by atoms with van der Waals surface area (Å²) in [6, 6.07) is 18.1. The Kier molecular flexibility index (Phi) is 3.59. The standard InChI is InChI=1S/C19H12ClN3O/c20-15-6-7-17-16(12-15)22-18(13-8-10-21-11-9-13)23(17)19(24)14-4-2-1-3-5-14/h1-12H. The molecule has 0 saturated carbocycles. The van der Waals surface area contributed by atoms with Gasteiger partial charge >= 0.3 is 0 Å². The summed E-state index contributed by atoms with van der Waals surface area (Å²) in [7, 11) is 0. The van der Waals surface area contributed by atoms with Gasteiger partial charge in [-0.2, -0.15) is 0 Å². The molecule has 0 bridgehead atoms. The van der Waals surface area contributed by atoms with Gasteiger partial charge in [0.25, 0.3) is 5.91 Å². The van der Waals surface area contributed by atoms with Gasteiger partial charge in [-0.3, -0.25) is 14.3 Å². The van der Waals surface area contributed by atoms with Crippen molar-refractivity contribution >= 4 is 28.5 Å². The predicted octanol–water partition coefficient (Wildman–Crippen LogP) is 4.44. The first-order chi connectivity index (χ1) is 11.7.